The van der Waals surface area contributed by atoms with Crippen molar-refractivity contribution in [1.82, 2.24) is 0 Å². The Labute approximate surface area is 75.3 Å². The van der Waals surface area contributed by atoms with Gasteiger partial charge in [-0.15, -0.1) is 0 Å². The summed E-state index contributed by atoms with van der Waals surface area (Å²) in [6.07, 6.45) is 2.29. The van der Waals surface area contributed by atoms with Crippen molar-refractivity contribution in [2.75, 3.05) is 12.3 Å². The van der Waals surface area contributed by atoms with E-state index in [1.165, 1.54) is 0 Å². The molecule has 0 bridgehead atoms. The number of hydrogen-bond acceptors (Lipinski definition) is 3. The molecular formula is C8H19NO2S. The minimum atomic E-state index is -2.91. The molecule has 0 spiro atoms. The number of sulfone groups is 1. The second-order valence-corrected chi connectivity index (χ2v) is 5.39. The summed E-state index contributed by atoms with van der Waals surface area (Å²) in [5, 5.41) is -0.330. The highest BCUT2D eigenvalue weighted by atomic mass is 32.2. The first-order valence-electron chi connectivity index (χ1n) is 4.50. The van der Waals surface area contributed by atoms with E-state index in [9.17, 15) is 8.42 Å². The van der Waals surface area contributed by atoms with Crippen LogP contribution in [0.5, 0.6) is 0 Å². The van der Waals surface area contributed by atoms with Crippen molar-refractivity contribution in [1.29, 1.82) is 0 Å². The normalized spacial score (nSPS) is 14.6. The van der Waals surface area contributed by atoms with Gasteiger partial charge in [-0.05, 0) is 12.8 Å². The molecule has 0 radical (unpaired) electrons. The molecule has 0 saturated carbocycles. The van der Waals surface area contributed by atoms with Gasteiger partial charge in [-0.3, -0.25) is 0 Å². The maximum atomic E-state index is 11.5. The van der Waals surface area contributed by atoms with Crippen LogP contribution in [0.4, 0.5) is 0 Å². The van der Waals surface area contributed by atoms with Gasteiger partial charge in [-0.25, -0.2) is 8.42 Å². The highest BCUT2D eigenvalue weighted by Crippen LogP contribution is 2.07. The van der Waals surface area contributed by atoms with E-state index in [2.05, 4.69) is 0 Å². The molecule has 0 aliphatic carbocycles. The van der Waals surface area contributed by atoms with Crippen molar-refractivity contribution in [3.8, 4) is 0 Å². The van der Waals surface area contributed by atoms with E-state index in [4.69, 9.17) is 5.73 Å². The fraction of sp³-hybridized carbons (Fsp3) is 1.00. The molecule has 0 saturated heterocycles. The Morgan fingerprint density at radius 3 is 2.25 bits per heavy atom. The van der Waals surface area contributed by atoms with Crippen molar-refractivity contribution in [2.45, 2.75) is 38.4 Å². The van der Waals surface area contributed by atoms with E-state index in [1.807, 2.05) is 13.8 Å². The average Bonchev–Trinajstić information content (AvgIpc) is 2.03. The van der Waals surface area contributed by atoms with Gasteiger partial charge in [0.1, 0.15) is 0 Å². The Hall–Kier alpha value is -0.0900. The summed E-state index contributed by atoms with van der Waals surface area (Å²) >= 11 is 0. The summed E-state index contributed by atoms with van der Waals surface area (Å²) in [5.41, 5.74) is 5.36. The van der Waals surface area contributed by atoms with E-state index in [0.29, 0.717) is 12.2 Å². The van der Waals surface area contributed by atoms with Crippen LogP contribution in [0.2, 0.25) is 0 Å². The average molecular weight is 193 g/mol. The zero-order valence-electron chi connectivity index (χ0n) is 7.91. The summed E-state index contributed by atoms with van der Waals surface area (Å²) in [4.78, 5) is 0. The molecule has 4 heteroatoms. The Kier molecular flexibility index (Phi) is 5.50. The largest absolute Gasteiger partial charge is 0.329 e. The zero-order chi connectivity index (χ0) is 9.61. The van der Waals surface area contributed by atoms with E-state index >= 15 is 0 Å². The maximum absolute atomic E-state index is 11.5. The number of nitrogens with two attached hydrogens (primary N) is 1. The van der Waals surface area contributed by atoms with Gasteiger partial charge in [0.15, 0.2) is 9.84 Å². The molecule has 1 atom stereocenters. The minimum absolute atomic E-state index is 0.253. The monoisotopic (exact) mass is 193 g/mol. The lowest BCUT2D eigenvalue weighted by molar-refractivity contribution is 0.573. The molecule has 0 aromatic rings. The first-order chi connectivity index (χ1) is 5.58. The molecule has 0 aromatic heterocycles. The highest BCUT2D eigenvalue weighted by molar-refractivity contribution is 7.92. The van der Waals surface area contributed by atoms with Gasteiger partial charge in [-0.1, -0.05) is 20.3 Å². The molecule has 0 aliphatic heterocycles. The SMILES string of the molecule is CCCCS(=O)(=O)C(CC)CN. The van der Waals surface area contributed by atoms with Gasteiger partial charge < -0.3 is 5.73 Å². The number of unbranched alkanes of at least 4 members (excludes halogenated alkanes) is 1. The fourth-order valence-electron chi connectivity index (χ4n) is 1.08. The highest BCUT2D eigenvalue weighted by Gasteiger charge is 2.20. The van der Waals surface area contributed by atoms with Gasteiger partial charge in [0.25, 0.3) is 0 Å². The Morgan fingerprint density at radius 2 is 1.92 bits per heavy atom. The van der Waals surface area contributed by atoms with Crippen LogP contribution in [0, 0.1) is 0 Å². The first-order valence-corrected chi connectivity index (χ1v) is 6.21. The zero-order valence-corrected chi connectivity index (χ0v) is 8.73. The lowest BCUT2D eigenvalue weighted by Crippen LogP contribution is -2.30. The summed E-state index contributed by atoms with van der Waals surface area (Å²) in [5.74, 6) is 0.291. The maximum Gasteiger partial charge on any atom is 0.154 e. The summed E-state index contributed by atoms with van der Waals surface area (Å²) in [6, 6.07) is 0. The van der Waals surface area contributed by atoms with Crippen molar-refractivity contribution < 1.29 is 8.42 Å². The number of hydrogen-bond donors (Lipinski definition) is 1. The van der Waals surface area contributed by atoms with E-state index < -0.39 is 9.84 Å². The van der Waals surface area contributed by atoms with Crippen molar-refractivity contribution >= 4 is 9.84 Å². The second kappa shape index (κ2) is 5.54. The van der Waals surface area contributed by atoms with Crippen LogP contribution in [0.3, 0.4) is 0 Å². The van der Waals surface area contributed by atoms with Gasteiger partial charge in [-0.2, -0.15) is 0 Å². The van der Waals surface area contributed by atoms with Crippen LogP contribution < -0.4 is 5.73 Å². The molecule has 0 rings (SSSR count). The molecule has 0 fully saturated rings. The molecule has 0 heterocycles. The summed E-state index contributed by atoms with van der Waals surface area (Å²) in [6.45, 7) is 4.10. The predicted octanol–water partition coefficient (Wildman–Crippen LogP) is 0.939. The van der Waals surface area contributed by atoms with E-state index in [1.54, 1.807) is 0 Å². The van der Waals surface area contributed by atoms with Gasteiger partial charge in [0, 0.05) is 6.54 Å². The first kappa shape index (κ1) is 11.9. The van der Waals surface area contributed by atoms with Crippen molar-refractivity contribution in [2.24, 2.45) is 5.73 Å². The van der Waals surface area contributed by atoms with E-state index in [0.717, 1.165) is 12.8 Å². The van der Waals surface area contributed by atoms with Crippen LogP contribution in [-0.4, -0.2) is 26.0 Å². The fourth-order valence-corrected chi connectivity index (χ4v) is 2.90. The van der Waals surface area contributed by atoms with Crippen molar-refractivity contribution in [3.05, 3.63) is 0 Å². The van der Waals surface area contributed by atoms with Crippen LogP contribution in [-0.2, 0) is 9.84 Å². The van der Waals surface area contributed by atoms with E-state index in [-0.39, 0.29) is 11.8 Å². The third kappa shape index (κ3) is 3.54. The van der Waals surface area contributed by atoms with Gasteiger partial charge in [0.05, 0.1) is 11.0 Å². The standard InChI is InChI=1S/C8H19NO2S/c1-3-5-6-12(10,11)8(4-2)7-9/h8H,3-7,9H2,1-2H3. The van der Waals surface area contributed by atoms with Gasteiger partial charge in [0.2, 0.25) is 0 Å². The van der Waals surface area contributed by atoms with Crippen LogP contribution in [0.15, 0.2) is 0 Å². The quantitative estimate of drug-likeness (QED) is 0.683. The van der Waals surface area contributed by atoms with Crippen LogP contribution in [0.1, 0.15) is 33.1 Å². The topological polar surface area (TPSA) is 60.2 Å². The molecular weight excluding hydrogens is 174 g/mol. The molecule has 12 heavy (non-hydrogen) atoms. The molecule has 0 aliphatic rings. The van der Waals surface area contributed by atoms with Crippen LogP contribution >= 0.6 is 0 Å². The Morgan fingerprint density at radius 1 is 1.33 bits per heavy atom. The smallest absolute Gasteiger partial charge is 0.154 e. The molecule has 3 nitrogen and oxygen atoms in total. The minimum Gasteiger partial charge on any atom is -0.329 e. The Bertz CT molecular complexity index is 195. The molecule has 2 N–H and O–H groups in total. The number of rotatable bonds is 6. The third-order valence-corrected chi connectivity index (χ3v) is 4.41. The summed E-state index contributed by atoms with van der Waals surface area (Å²) in [7, 11) is -2.91. The van der Waals surface area contributed by atoms with Gasteiger partial charge >= 0.3 is 0 Å². The molecule has 0 aromatic carbocycles. The Balaban J connectivity index is 4.17. The van der Waals surface area contributed by atoms with Crippen molar-refractivity contribution in [3.63, 3.8) is 0 Å². The lowest BCUT2D eigenvalue weighted by Gasteiger charge is -2.12. The second-order valence-electron chi connectivity index (χ2n) is 2.99. The summed E-state index contributed by atoms with van der Waals surface area (Å²) < 4.78 is 22.9. The molecule has 1 unspecified atom stereocenters. The molecule has 74 valence electrons. The molecule has 0 amide bonds. The third-order valence-electron chi connectivity index (χ3n) is 2.01. The lowest BCUT2D eigenvalue weighted by atomic mass is 10.3. The van der Waals surface area contributed by atoms with Crippen LogP contribution in [0.25, 0.3) is 0 Å². The predicted molar refractivity (Wildman–Crippen MR) is 51.8 cm³/mol.